The van der Waals surface area contributed by atoms with Crippen molar-refractivity contribution in [2.24, 2.45) is 5.92 Å². The summed E-state index contributed by atoms with van der Waals surface area (Å²) in [4.78, 5) is 5.98. The van der Waals surface area contributed by atoms with Crippen molar-refractivity contribution in [3.05, 3.63) is 34.1 Å². The predicted octanol–water partition coefficient (Wildman–Crippen LogP) is 2.78. The molecule has 2 aliphatic rings. The molecule has 2 atom stereocenters. The van der Waals surface area contributed by atoms with Gasteiger partial charge in [0.15, 0.2) is 5.82 Å². The van der Waals surface area contributed by atoms with Gasteiger partial charge in [0.2, 0.25) is 5.89 Å². The molecular formula is C14H18ClN3OS. The van der Waals surface area contributed by atoms with E-state index in [2.05, 4.69) is 33.0 Å². The Bertz CT molecular complexity index is 559. The zero-order valence-electron chi connectivity index (χ0n) is 11.2. The minimum Gasteiger partial charge on any atom is -0.339 e. The van der Waals surface area contributed by atoms with E-state index >= 15 is 0 Å². The Balaban J connectivity index is 0.00000121. The molecule has 0 spiro atoms. The van der Waals surface area contributed by atoms with Gasteiger partial charge in [0.1, 0.15) is 0 Å². The van der Waals surface area contributed by atoms with Crippen LogP contribution < -0.4 is 5.32 Å². The van der Waals surface area contributed by atoms with Crippen LogP contribution in [0.4, 0.5) is 0 Å². The molecule has 0 radical (unpaired) electrons. The molecule has 1 aliphatic heterocycles. The number of aromatic nitrogens is 2. The van der Waals surface area contributed by atoms with E-state index in [-0.39, 0.29) is 17.8 Å². The first-order chi connectivity index (χ1) is 9.37. The van der Waals surface area contributed by atoms with Gasteiger partial charge in [-0.05, 0) is 36.8 Å². The molecule has 4 rings (SSSR count). The van der Waals surface area contributed by atoms with Crippen molar-refractivity contribution in [2.75, 3.05) is 13.1 Å². The molecule has 1 saturated heterocycles. The highest BCUT2D eigenvalue weighted by molar-refractivity contribution is 7.09. The van der Waals surface area contributed by atoms with Crippen molar-refractivity contribution in [3.8, 4) is 0 Å². The molecular weight excluding hydrogens is 294 g/mol. The summed E-state index contributed by atoms with van der Waals surface area (Å²) in [6.07, 6.45) is 4.55. The highest BCUT2D eigenvalue weighted by Crippen LogP contribution is 2.47. The molecule has 0 bridgehead atoms. The summed E-state index contributed by atoms with van der Waals surface area (Å²) >= 11 is 1.74. The van der Waals surface area contributed by atoms with E-state index in [4.69, 9.17) is 4.52 Å². The lowest BCUT2D eigenvalue weighted by molar-refractivity contribution is 0.264. The van der Waals surface area contributed by atoms with Gasteiger partial charge in [-0.15, -0.1) is 23.7 Å². The van der Waals surface area contributed by atoms with Crippen molar-refractivity contribution < 1.29 is 4.52 Å². The topological polar surface area (TPSA) is 51.0 Å². The predicted molar refractivity (Wildman–Crippen MR) is 80.6 cm³/mol. The molecule has 6 heteroatoms. The van der Waals surface area contributed by atoms with Crippen molar-refractivity contribution in [2.45, 2.75) is 31.1 Å². The van der Waals surface area contributed by atoms with Gasteiger partial charge >= 0.3 is 0 Å². The Kier molecular flexibility index (Phi) is 3.84. The van der Waals surface area contributed by atoms with E-state index in [1.807, 2.05) is 0 Å². The Hall–Kier alpha value is -0.910. The van der Waals surface area contributed by atoms with E-state index in [0.29, 0.717) is 5.92 Å². The Morgan fingerprint density at radius 2 is 2.45 bits per heavy atom. The number of halogens is 1. The molecule has 4 nitrogen and oxygen atoms in total. The van der Waals surface area contributed by atoms with Gasteiger partial charge in [-0.2, -0.15) is 4.98 Å². The fourth-order valence-electron chi connectivity index (χ4n) is 3.60. The van der Waals surface area contributed by atoms with Crippen LogP contribution in [-0.2, 0) is 11.8 Å². The second-order valence-electron chi connectivity index (χ2n) is 5.65. The number of hydrogen-bond acceptors (Lipinski definition) is 5. The first-order valence-corrected chi connectivity index (χ1v) is 7.81. The summed E-state index contributed by atoms with van der Waals surface area (Å²) in [5.41, 5.74) is 0.126. The molecule has 2 aromatic heterocycles. The van der Waals surface area contributed by atoms with Gasteiger partial charge in [-0.1, -0.05) is 17.6 Å². The van der Waals surface area contributed by atoms with Crippen LogP contribution >= 0.6 is 23.7 Å². The minimum atomic E-state index is 0. The maximum Gasteiger partial charge on any atom is 0.234 e. The lowest BCUT2D eigenvalue weighted by Crippen LogP contribution is -2.31. The third kappa shape index (κ3) is 2.18. The molecule has 2 aromatic rings. The number of thiophene rings is 1. The Labute approximate surface area is 128 Å². The number of nitrogens with zero attached hydrogens (tertiary/aromatic N) is 2. The highest BCUT2D eigenvalue weighted by Gasteiger charge is 2.51. The highest BCUT2D eigenvalue weighted by atomic mass is 35.5. The standard InChI is InChI=1S/C14H17N3OS.ClH/c1-3-10-8-15-9-14(10,5-1)13-16-12(17-18-13)7-11-4-2-6-19-11;/h2,4,6,10,15H,1,3,5,7-9H2;1H/t10-,14-;/m1./s1. The quantitative estimate of drug-likeness (QED) is 0.947. The molecule has 1 N–H and O–H groups in total. The smallest absolute Gasteiger partial charge is 0.234 e. The second-order valence-corrected chi connectivity index (χ2v) is 6.68. The van der Waals surface area contributed by atoms with Crippen LogP contribution in [0.25, 0.3) is 0 Å². The average Bonchev–Trinajstić information content (AvgIpc) is 3.12. The minimum absolute atomic E-state index is 0. The zero-order valence-corrected chi connectivity index (χ0v) is 12.8. The summed E-state index contributed by atoms with van der Waals surface area (Å²) in [6, 6.07) is 4.18. The fourth-order valence-corrected chi connectivity index (χ4v) is 4.30. The first kappa shape index (κ1) is 14.0. The van der Waals surface area contributed by atoms with Crippen molar-refractivity contribution in [3.63, 3.8) is 0 Å². The van der Waals surface area contributed by atoms with E-state index in [1.54, 1.807) is 11.3 Å². The maximum absolute atomic E-state index is 5.61. The maximum atomic E-state index is 5.61. The Morgan fingerprint density at radius 3 is 3.30 bits per heavy atom. The van der Waals surface area contributed by atoms with E-state index < -0.39 is 0 Å². The summed E-state index contributed by atoms with van der Waals surface area (Å²) in [5, 5.41) is 9.76. The molecule has 2 fully saturated rings. The van der Waals surface area contributed by atoms with Crippen molar-refractivity contribution in [1.29, 1.82) is 0 Å². The van der Waals surface area contributed by atoms with Gasteiger partial charge in [-0.25, -0.2) is 0 Å². The van der Waals surface area contributed by atoms with Crippen LogP contribution in [0.1, 0.15) is 35.9 Å². The average molecular weight is 312 g/mol. The van der Waals surface area contributed by atoms with Crippen LogP contribution in [0.15, 0.2) is 22.0 Å². The van der Waals surface area contributed by atoms with Gasteiger partial charge in [0.25, 0.3) is 0 Å². The molecule has 20 heavy (non-hydrogen) atoms. The summed E-state index contributed by atoms with van der Waals surface area (Å²) in [7, 11) is 0. The zero-order chi connectivity index (χ0) is 12.7. The monoisotopic (exact) mass is 311 g/mol. The van der Waals surface area contributed by atoms with Crippen molar-refractivity contribution in [1.82, 2.24) is 15.5 Å². The van der Waals surface area contributed by atoms with Gasteiger partial charge in [0, 0.05) is 17.8 Å². The van der Waals surface area contributed by atoms with Crippen LogP contribution in [-0.4, -0.2) is 23.2 Å². The van der Waals surface area contributed by atoms with Crippen LogP contribution in [0.5, 0.6) is 0 Å². The molecule has 3 heterocycles. The van der Waals surface area contributed by atoms with Crippen molar-refractivity contribution >= 4 is 23.7 Å². The third-order valence-corrected chi connectivity index (χ3v) is 5.47. The Morgan fingerprint density at radius 1 is 1.50 bits per heavy atom. The van der Waals surface area contributed by atoms with Crippen LogP contribution in [0.3, 0.4) is 0 Å². The summed E-state index contributed by atoms with van der Waals surface area (Å²) < 4.78 is 5.61. The number of fused-ring (bicyclic) bond motifs is 1. The van der Waals surface area contributed by atoms with Crippen LogP contribution in [0.2, 0.25) is 0 Å². The summed E-state index contributed by atoms with van der Waals surface area (Å²) in [5.74, 6) is 2.37. The van der Waals surface area contributed by atoms with Gasteiger partial charge < -0.3 is 9.84 Å². The molecule has 0 unspecified atom stereocenters. The molecule has 0 aromatic carbocycles. The molecule has 108 valence electrons. The normalized spacial score (nSPS) is 28.3. The SMILES string of the molecule is Cl.c1csc(Cc2noc([C@@]34CCC[C@@H]3CNC4)n2)c1. The summed E-state index contributed by atoms with van der Waals surface area (Å²) in [6.45, 7) is 2.10. The largest absolute Gasteiger partial charge is 0.339 e. The number of hydrogen-bond donors (Lipinski definition) is 1. The lowest BCUT2D eigenvalue weighted by atomic mass is 9.80. The van der Waals surface area contributed by atoms with E-state index in [1.165, 1.54) is 24.1 Å². The first-order valence-electron chi connectivity index (χ1n) is 6.93. The van der Waals surface area contributed by atoms with Gasteiger partial charge in [-0.3, -0.25) is 0 Å². The lowest BCUT2D eigenvalue weighted by Gasteiger charge is -2.22. The van der Waals surface area contributed by atoms with E-state index in [0.717, 1.165) is 31.2 Å². The molecule has 1 aliphatic carbocycles. The third-order valence-electron chi connectivity index (χ3n) is 4.59. The second kappa shape index (κ2) is 5.47. The molecule has 1 saturated carbocycles. The number of nitrogens with one attached hydrogen (secondary N) is 1. The van der Waals surface area contributed by atoms with Crippen LogP contribution in [0, 0.1) is 5.92 Å². The molecule has 0 amide bonds. The van der Waals surface area contributed by atoms with E-state index in [9.17, 15) is 0 Å². The number of rotatable bonds is 3. The van der Waals surface area contributed by atoms with Gasteiger partial charge in [0.05, 0.1) is 5.41 Å². The fraction of sp³-hybridized carbons (Fsp3) is 0.571.